The zero-order chi connectivity index (χ0) is 33.9. The second kappa shape index (κ2) is 17.6. The summed E-state index contributed by atoms with van der Waals surface area (Å²) in [5, 5.41) is 4.19. The Hall–Kier alpha value is -2.07. The maximum atomic E-state index is 10.7. The summed E-state index contributed by atoms with van der Waals surface area (Å²) in [5.41, 5.74) is -16.9. The SMILES string of the molecule is O=S(=O)([O-])C(F)(F)F.O=S(=O)([O-])C(F)(F)F.O=S(=O)([O-])C(F)(F)F.[Au+3].c1ccc(P(c2ccccc2)c2ccccc2)cc1. The maximum Gasteiger partial charge on any atom is 3.00 e. The molecule has 0 aromatic heterocycles. The van der Waals surface area contributed by atoms with Crippen molar-refractivity contribution >= 4 is 54.2 Å². The van der Waals surface area contributed by atoms with Crippen molar-refractivity contribution in [1.82, 2.24) is 0 Å². The van der Waals surface area contributed by atoms with E-state index < -0.39 is 54.8 Å². The molecule has 250 valence electrons. The molecule has 0 aliphatic rings. The molecule has 0 aliphatic heterocycles. The zero-order valence-corrected chi connectivity index (χ0v) is 26.2. The standard InChI is InChI=1S/C18H15P.3CHF3O3S.Au/c1-4-10-16(11-5-1)19(17-12-6-2-7-13-17)18-14-8-3-9-15-18;3*2-1(3,4)8(5,6)7;/h1-15H;3*(H,5,6,7);/q;;;;+3/p-3. The first-order chi connectivity index (χ1) is 19.2. The minimum absolute atomic E-state index is 0. The Morgan fingerprint density at radius 2 is 0.545 bits per heavy atom. The monoisotopic (exact) mass is 906 g/mol. The van der Waals surface area contributed by atoms with Crippen LogP contribution < -0.4 is 15.9 Å². The van der Waals surface area contributed by atoms with Gasteiger partial charge in [0.25, 0.3) is 0 Å². The van der Waals surface area contributed by atoms with Crippen molar-refractivity contribution in [3.8, 4) is 0 Å². The van der Waals surface area contributed by atoms with Gasteiger partial charge in [-0.3, -0.25) is 0 Å². The molecule has 0 unspecified atom stereocenters. The number of hydrogen-bond donors (Lipinski definition) is 0. The average molecular weight is 906 g/mol. The molecule has 0 heterocycles. The maximum absolute atomic E-state index is 10.7. The van der Waals surface area contributed by atoms with E-state index in [1.807, 2.05) is 0 Å². The molecule has 0 atom stereocenters. The van der Waals surface area contributed by atoms with Crippen LogP contribution in [0.5, 0.6) is 0 Å². The van der Waals surface area contributed by atoms with Gasteiger partial charge in [-0.15, -0.1) is 0 Å². The molecular weight excluding hydrogens is 891 g/mol. The van der Waals surface area contributed by atoms with E-state index in [0.717, 1.165) is 0 Å². The number of rotatable bonds is 3. The van der Waals surface area contributed by atoms with Crippen LogP contribution in [0.15, 0.2) is 91.0 Å². The first-order valence-electron chi connectivity index (χ1n) is 10.2. The largest absolute Gasteiger partial charge is 3.00 e. The van der Waals surface area contributed by atoms with Crippen molar-refractivity contribution in [3.63, 3.8) is 0 Å². The Balaban J connectivity index is 0. The van der Waals surface area contributed by atoms with E-state index in [9.17, 15) is 39.5 Å². The van der Waals surface area contributed by atoms with E-state index in [4.69, 9.17) is 38.9 Å². The molecule has 3 aromatic carbocycles. The number of halogens is 9. The summed E-state index contributed by atoms with van der Waals surface area (Å²) in [7, 11) is -18.7. The Kier molecular flexibility index (Phi) is 17.6. The van der Waals surface area contributed by atoms with Crippen LogP contribution in [0.1, 0.15) is 0 Å². The molecule has 0 saturated carbocycles. The average Bonchev–Trinajstić information content (AvgIpc) is 2.84. The summed E-state index contributed by atoms with van der Waals surface area (Å²) in [6.07, 6.45) is 0. The Bertz CT molecular complexity index is 1400. The van der Waals surface area contributed by atoms with E-state index >= 15 is 0 Å². The molecule has 44 heavy (non-hydrogen) atoms. The third kappa shape index (κ3) is 16.3. The van der Waals surface area contributed by atoms with Gasteiger partial charge in [0.15, 0.2) is 30.4 Å². The normalized spacial score (nSPS) is 12.2. The smallest absolute Gasteiger partial charge is 0.741 e. The molecule has 3 rings (SSSR count). The van der Waals surface area contributed by atoms with Crippen LogP contribution >= 0.6 is 7.92 Å². The van der Waals surface area contributed by atoms with Crippen LogP contribution in [-0.4, -0.2) is 55.4 Å². The van der Waals surface area contributed by atoms with Gasteiger partial charge in [-0.2, -0.15) is 39.5 Å². The fraction of sp³-hybridized carbons (Fsp3) is 0.143. The summed E-state index contributed by atoms with van der Waals surface area (Å²) in [4.78, 5) is 0. The Labute approximate surface area is 261 Å². The van der Waals surface area contributed by atoms with Crippen LogP contribution in [0.25, 0.3) is 0 Å². The molecule has 0 spiro atoms. The summed E-state index contributed by atoms with van der Waals surface area (Å²) in [6.45, 7) is 0. The second-order valence-electron chi connectivity index (χ2n) is 7.04. The number of benzene rings is 3. The van der Waals surface area contributed by atoms with Crippen molar-refractivity contribution in [1.29, 1.82) is 0 Å². The molecule has 0 aliphatic carbocycles. The molecule has 0 fully saturated rings. The zero-order valence-electron chi connectivity index (χ0n) is 20.7. The van der Waals surface area contributed by atoms with Crippen molar-refractivity contribution < 1.29 is 101 Å². The van der Waals surface area contributed by atoms with Gasteiger partial charge in [0.2, 0.25) is 0 Å². The van der Waals surface area contributed by atoms with Gasteiger partial charge in [0.05, 0.1) is 0 Å². The topological polar surface area (TPSA) is 172 Å². The van der Waals surface area contributed by atoms with Gasteiger partial charge in [0, 0.05) is 0 Å². The molecule has 23 heteroatoms. The van der Waals surface area contributed by atoms with Gasteiger partial charge in [-0.1, -0.05) is 91.0 Å². The minimum atomic E-state index is -6.09. The van der Waals surface area contributed by atoms with Crippen molar-refractivity contribution in [2.75, 3.05) is 0 Å². The van der Waals surface area contributed by atoms with Gasteiger partial charge >= 0.3 is 38.9 Å². The van der Waals surface area contributed by atoms with E-state index in [1.165, 1.54) is 15.9 Å². The second-order valence-corrected chi connectivity index (χ2v) is 13.4. The fourth-order valence-electron chi connectivity index (χ4n) is 2.18. The summed E-state index contributed by atoms with van der Waals surface area (Å²) < 4.78 is 177. The molecule has 0 radical (unpaired) electrons. The fourth-order valence-corrected chi connectivity index (χ4v) is 4.48. The van der Waals surface area contributed by atoms with Crippen molar-refractivity contribution in [2.45, 2.75) is 16.5 Å². The van der Waals surface area contributed by atoms with E-state index in [-0.39, 0.29) is 22.4 Å². The molecular formula is C21H15AuF9O9PS3. The van der Waals surface area contributed by atoms with Crippen LogP contribution in [0.2, 0.25) is 0 Å². The summed E-state index contributed by atoms with van der Waals surface area (Å²) >= 11 is 0. The van der Waals surface area contributed by atoms with Crippen molar-refractivity contribution in [3.05, 3.63) is 91.0 Å². The third-order valence-corrected chi connectivity index (χ3v) is 8.04. The third-order valence-electron chi connectivity index (χ3n) is 3.89. The van der Waals surface area contributed by atoms with Gasteiger partial charge in [0.1, 0.15) is 0 Å². The Morgan fingerprint density at radius 1 is 0.409 bits per heavy atom. The molecule has 0 saturated heterocycles. The first-order valence-corrected chi connectivity index (χ1v) is 15.8. The quantitative estimate of drug-likeness (QED) is 0.125. The van der Waals surface area contributed by atoms with E-state index in [1.54, 1.807) is 0 Å². The van der Waals surface area contributed by atoms with E-state index in [0.29, 0.717) is 0 Å². The van der Waals surface area contributed by atoms with Crippen LogP contribution in [-0.2, 0) is 52.7 Å². The molecule has 0 bridgehead atoms. The van der Waals surface area contributed by atoms with Gasteiger partial charge in [-0.25, -0.2) is 25.3 Å². The van der Waals surface area contributed by atoms with E-state index in [2.05, 4.69) is 91.0 Å². The Morgan fingerprint density at radius 3 is 0.659 bits per heavy atom. The number of hydrogen-bond acceptors (Lipinski definition) is 9. The van der Waals surface area contributed by atoms with Crippen molar-refractivity contribution in [2.24, 2.45) is 0 Å². The van der Waals surface area contributed by atoms with Crippen LogP contribution in [0, 0.1) is 0 Å². The van der Waals surface area contributed by atoms with Crippen LogP contribution in [0.4, 0.5) is 39.5 Å². The predicted molar refractivity (Wildman–Crippen MR) is 132 cm³/mol. The summed E-state index contributed by atoms with van der Waals surface area (Å²) in [6, 6.07) is 32.3. The molecule has 9 nitrogen and oxygen atoms in total. The first kappa shape index (κ1) is 44.1. The predicted octanol–water partition coefficient (Wildman–Crippen LogP) is 3.60. The summed E-state index contributed by atoms with van der Waals surface area (Å²) in [5.74, 6) is 0. The van der Waals surface area contributed by atoms with Gasteiger partial charge in [-0.05, 0) is 23.8 Å². The molecule has 0 N–H and O–H groups in total. The molecule has 0 amide bonds. The minimum Gasteiger partial charge on any atom is -0.741 e. The van der Waals surface area contributed by atoms with Gasteiger partial charge < -0.3 is 13.7 Å². The molecule has 3 aromatic rings. The van der Waals surface area contributed by atoms with Crippen LogP contribution in [0.3, 0.4) is 0 Å². The number of alkyl halides is 9.